The van der Waals surface area contributed by atoms with Crippen LogP contribution in [0, 0.1) is 6.92 Å². The molecule has 46 heavy (non-hydrogen) atoms. The van der Waals surface area contributed by atoms with Gasteiger partial charge in [-0.05, 0) is 51.7 Å². The van der Waals surface area contributed by atoms with Gasteiger partial charge in [0.15, 0.2) is 5.75 Å². The number of fused-ring (bicyclic) bond motifs is 1. The first-order valence-electron chi connectivity index (χ1n) is 14.9. The highest BCUT2D eigenvalue weighted by atomic mass is 31.2. The van der Waals surface area contributed by atoms with Gasteiger partial charge in [-0.3, -0.25) is 14.4 Å². The largest absolute Gasteiger partial charge is 0.496 e. The number of nitrogens with one attached hydrogen (secondary N) is 2. The third-order valence-corrected chi connectivity index (χ3v) is 8.53. The van der Waals surface area contributed by atoms with Crippen molar-refractivity contribution in [1.82, 2.24) is 10.2 Å². The van der Waals surface area contributed by atoms with Crippen molar-refractivity contribution in [3.05, 3.63) is 69.8 Å². The molecule has 0 amide bonds. The van der Waals surface area contributed by atoms with Crippen LogP contribution < -0.4 is 19.4 Å². The van der Waals surface area contributed by atoms with Crippen molar-refractivity contribution in [3.63, 3.8) is 0 Å². The van der Waals surface area contributed by atoms with E-state index in [0.29, 0.717) is 28.9 Å². The molecule has 1 aliphatic heterocycles. The maximum absolute atomic E-state index is 14.1. The second-order valence-corrected chi connectivity index (χ2v) is 12.1. The molecule has 0 fully saturated rings. The van der Waals surface area contributed by atoms with Gasteiger partial charge < -0.3 is 28.2 Å². The van der Waals surface area contributed by atoms with Crippen LogP contribution in [0.25, 0.3) is 0 Å². The summed E-state index contributed by atoms with van der Waals surface area (Å²) in [6.45, 7) is 6.13. The number of methoxy groups -OCH3 is 1. The van der Waals surface area contributed by atoms with Gasteiger partial charge in [-0.25, -0.2) is 19.5 Å². The predicted octanol–water partition coefficient (Wildman–Crippen LogP) is 4.48. The van der Waals surface area contributed by atoms with E-state index in [-0.39, 0.29) is 56.6 Å². The van der Waals surface area contributed by atoms with E-state index in [1.807, 2.05) is 43.3 Å². The fraction of sp³-hybridized carbons (Fsp3) is 0.438. The van der Waals surface area contributed by atoms with Gasteiger partial charge in [0, 0.05) is 17.5 Å². The van der Waals surface area contributed by atoms with Gasteiger partial charge >= 0.3 is 31.5 Å². The van der Waals surface area contributed by atoms with Crippen LogP contribution >= 0.6 is 7.67 Å². The van der Waals surface area contributed by atoms with Crippen molar-refractivity contribution in [1.29, 1.82) is 0 Å². The number of benzene rings is 2. The maximum Gasteiger partial charge on any atom is 0.391 e. The van der Waals surface area contributed by atoms with E-state index in [1.54, 1.807) is 20.8 Å². The number of rotatable bonds is 18. The lowest BCUT2D eigenvalue weighted by molar-refractivity contribution is -0.145. The molecule has 3 rings (SSSR count). The lowest BCUT2D eigenvalue weighted by atomic mass is 9.94. The fourth-order valence-electron chi connectivity index (χ4n) is 4.61. The lowest BCUT2D eigenvalue weighted by Crippen LogP contribution is -2.34. The molecule has 0 aliphatic carbocycles. The zero-order valence-corrected chi connectivity index (χ0v) is 27.7. The van der Waals surface area contributed by atoms with Gasteiger partial charge in [0.05, 0.1) is 20.3 Å². The number of hydrogen-bond donors (Lipinski definition) is 2. The van der Waals surface area contributed by atoms with Crippen LogP contribution in [-0.2, 0) is 57.5 Å². The summed E-state index contributed by atoms with van der Waals surface area (Å²) in [6.07, 6.45) is 2.54. The number of ether oxygens (including phenoxy) is 5. The average Bonchev–Trinajstić information content (AvgIpc) is 3.44. The molecule has 1 heterocycles. The van der Waals surface area contributed by atoms with Crippen LogP contribution in [0.5, 0.6) is 11.5 Å². The lowest BCUT2D eigenvalue weighted by Gasteiger charge is -2.25. The highest BCUT2D eigenvalue weighted by Crippen LogP contribution is 2.49. The molecule has 0 aromatic heterocycles. The Morgan fingerprint density at radius 2 is 1.57 bits per heavy atom. The first kappa shape index (κ1) is 36.3. The first-order valence-corrected chi connectivity index (χ1v) is 16.5. The number of carbonyl (C=O) groups excluding carboxylic acids is 4. The van der Waals surface area contributed by atoms with Crippen LogP contribution in [0.4, 0.5) is 0 Å². The third-order valence-electron chi connectivity index (χ3n) is 6.94. The van der Waals surface area contributed by atoms with Gasteiger partial charge in [0.25, 0.3) is 0 Å². The molecular weight excluding hydrogens is 619 g/mol. The Morgan fingerprint density at radius 3 is 2.15 bits per heavy atom. The summed E-state index contributed by atoms with van der Waals surface area (Å²) >= 11 is 0. The van der Waals surface area contributed by atoms with Crippen molar-refractivity contribution >= 4 is 31.5 Å². The number of cyclic esters (lactones) is 1. The van der Waals surface area contributed by atoms with Crippen molar-refractivity contribution in [2.45, 2.75) is 60.2 Å². The Labute approximate surface area is 268 Å². The van der Waals surface area contributed by atoms with Gasteiger partial charge in [-0.15, -0.1) is 0 Å². The third kappa shape index (κ3) is 10.2. The summed E-state index contributed by atoms with van der Waals surface area (Å²) in [6, 6.07) is 9.37. The molecule has 0 spiro atoms. The number of hydrogen-bond acceptors (Lipinski definition) is 11. The molecule has 1 aliphatic rings. The van der Waals surface area contributed by atoms with Crippen LogP contribution in [-0.4, -0.2) is 57.3 Å². The van der Waals surface area contributed by atoms with Crippen molar-refractivity contribution in [3.8, 4) is 11.5 Å². The topological polar surface area (TPSA) is 165 Å². The molecule has 250 valence electrons. The molecule has 0 unspecified atom stereocenters. The summed E-state index contributed by atoms with van der Waals surface area (Å²) < 4.78 is 46.4. The molecular formula is C32H41N2O11P. The normalized spacial score (nSPS) is 12.6. The highest BCUT2D eigenvalue weighted by Gasteiger charge is 2.37. The average molecular weight is 661 g/mol. The Hall–Kier alpha value is -4.19. The molecule has 0 atom stereocenters. The van der Waals surface area contributed by atoms with Crippen molar-refractivity contribution in [2.75, 3.05) is 33.4 Å². The summed E-state index contributed by atoms with van der Waals surface area (Å²) in [5, 5.41) is 5.03. The zero-order chi connectivity index (χ0) is 33.7. The Bertz CT molecular complexity index is 1460. The van der Waals surface area contributed by atoms with Crippen LogP contribution in [0.1, 0.15) is 66.2 Å². The highest BCUT2D eigenvalue weighted by molar-refractivity contribution is 7.55. The summed E-state index contributed by atoms with van der Waals surface area (Å²) in [5.74, 6) is -2.19. The van der Waals surface area contributed by atoms with Crippen LogP contribution in [0.15, 0.2) is 42.0 Å². The Kier molecular flexibility index (Phi) is 13.8. The van der Waals surface area contributed by atoms with Gasteiger partial charge in [0.2, 0.25) is 0 Å². The van der Waals surface area contributed by atoms with E-state index in [9.17, 15) is 23.7 Å². The molecule has 0 saturated heterocycles. The van der Waals surface area contributed by atoms with Crippen LogP contribution in [0.2, 0.25) is 0 Å². The van der Waals surface area contributed by atoms with Gasteiger partial charge in [-0.2, -0.15) is 0 Å². The summed E-state index contributed by atoms with van der Waals surface area (Å²) in [7, 11) is -2.83. The van der Waals surface area contributed by atoms with E-state index < -0.39 is 38.7 Å². The number of carbonyl (C=O) groups is 4. The minimum atomic E-state index is -4.28. The van der Waals surface area contributed by atoms with Crippen LogP contribution in [0.3, 0.4) is 0 Å². The predicted molar refractivity (Wildman–Crippen MR) is 167 cm³/mol. The Balaban J connectivity index is 1.90. The SMILES string of the molecule is CCOC(=O)CNP(=O)(NCC(=O)OCC)Oc1c(C/C=C(\C)CCC(=O)OCc2ccccc2)c(OC)c(C)c2c1C(=O)OC2. The fourth-order valence-corrected chi connectivity index (χ4v) is 5.98. The second kappa shape index (κ2) is 17.5. The van der Waals surface area contributed by atoms with E-state index in [1.165, 1.54) is 7.11 Å². The van der Waals surface area contributed by atoms with E-state index in [4.69, 9.17) is 28.2 Å². The summed E-state index contributed by atoms with van der Waals surface area (Å²) in [5.41, 5.74) is 3.29. The standard InChI is InChI=1S/C32H41N2O11P/c1-6-41-27(36)17-33-46(39,34-18-28(37)42-7-2)45-31-24(30(40-5)22(4)25-20-44-32(38)29(25)31)15-13-21(3)14-16-26(35)43-19-23-11-9-8-10-12-23/h8-13H,6-7,14-20H2,1-5H3,(H2,33,34,39)/b21-13+. The summed E-state index contributed by atoms with van der Waals surface area (Å²) in [4.78, 5) is 49.6. The molecule has 2 N–H and O–H groups in total. The molecule has 2 aromatic carbocycles. The Morgan fingerprint density at radius 1 is 0.935 bits per heavy atom. The number of allylic oxidation sites excluding steroid dienone is 2. The molecule has 2 aromatic rings. The van der Waals surface area contributed by atoms with Gasteiger partial charge in [-0.1, -0.05) is 42.0 Å². The quantitative estimate of drug-likeness (QED) is 0.0996. The maximum atomic E-state index is 14.1. The van der Waals surface area contributed by atoms with Crippen molar-refractivity contribution < 1.29 is 52.0 Å². The monoisotopic (exact) mass is 660 g/mol. The molecule has 14 heteroatoms. The molecule has 0 saturated carbocycles. The molecule has 0 radical (unpaired) electrons. The second-order valence-electron chi connectivity index (χ2n) is 10.2. The van der Waals surface area contributed by atoms with E-state index >= 15 is 0 Å². The molecule has 13 nitrogen and oxygen atoms in total. The minimum Gasteiger partial charge on any atom is -0.496 e. The smallest absolute Gasteiger partial charge is 0.391 e. The number of esters is 4. The molecule has 0 bridgehead atoms. The first-order chi connectivity index (χ1) is 22.0. The minimum absolute atomic E-state index is 0.0518. The van der Waals surface area contributed by atoms with E-state index in [0.717, 1.165) is 11.1 Å². The zero-order valence-electron chi connectivity index (χ0n) is 26.8. The van der Waals surface area contributed by atoms with Gasteiger partial charge in [0.1, 0.15) is 37.6 Å². The van der Waals surface area contributed by atoms with Crippen molar-refractivity contribution in [2.24, 2.45) is 0 Å². The van der Waals surface area contributed by atoms with E-state index in [2.05, 4.69) is 10.2 Å².